The highest BCUT2D eigenvalue weighted by molar-refractivity contribution is 6.06. The lowest BCUT2D eigenvalue weighted by molar-refractivity contribution is -0.125. The molecule has 0 aliphatic carbocycles. The van der Waals surface area contributed by atoms with Crippen LogP contribution >= 0.6 is 0 Å². The molecule has 5 nitrogen and oxygen atoms in total. The number of rotatable bonds is 8. The zero-order valence-corrected chi connectivity index (χ0v) is 19.5. The van der Waals surface area contributed by atoms with E-state index in [0.29, 0.717) is 11.3 Å². The predicted molar refractivity (Wildman–Crippen MR) is 140 cm³/mol. The summed E-state index contributed by atoms with van der Waals surface area (Å²) >= 11 is 0. The molecule has 0 bridgehead atoms. The van der Waals surface area contributed by atoms with Crippen molar-refractivity contribution in [1.82, 2.24) is 10.3 Å². The molecule has 4 rings (SSSR count). The normalized spacial score (nSPS) is 12.3. The summed E-state index contributed by atoms with van der Waals surface area (Å²) in [5.74, 6) is -0.689. The lowest BCUT2D eigenvalue weighted by Crippen LogP contribution is -2.44. The average molecular weight is 462 g/mol. The number of nitrogens with zero attached hydrogens (tertiary/aromatic N) is 2. The van der Waals surface area contributed by atoms with Crippen LogP contribution in [0, 0.1) is 0 Å². The zero-order valence-electron chi connectivity index (χ0n) is 19.5. The Morgan fingerprint density at radius 3 is 2.03 bits per heavy atom. The third kappa shape index (κ3) is 5.53. The van der Waals surface area contributed by atoms with E-state index in [1.165, 1.54) is 11.0 Å². The maximum Gasteiger partial charge on any atom is 0.251 e. The van der Waals surface area contributed by atoms with Crippen molar-refractivity contribution in [1.29, 1.82) is 0 Å². The Morgan fingerprint density at radius 1 is 0.829 bits per heavy atom. The Labute approximate surface area is 205 Å². The van der Waals surface area contributed by atoms with E-state index in [-0.39, 0.29) is 17.9 Å². The summed E-state index contributed by atoms with van der Waals surface area (Å²) in [6.45, 7) is 5.60. The van der Waals surface area contributed by atoms with Crippen molar-refractivity contribution >= 4 is 17.5 Å². The summed E-state index contributed by atoms with van der Waals surface area (Å²) in [7, 11) is 0. The molecule has 5 heteroatoms. The van der Waals surface area contributed by atoms with Crippen LogP contribution in [0.2, 0.25) is 0 Å². The van der Waals surface area contributed by atoms with Gasteiger partial charge in [-0.1, -0.05) is 85.4 Å². The van der Waals surface area contributed by atoms with E-state index < -0.39 is 6.04 Å². The minimum Gasteiger partial charge on any atom is -0.347 e. The van der Waals surface area contributed by atoms with E-state index in [4.69, 9.17) is 0 Å². The monoisotopic (exact) mass is 461 g/mol. The van der Waals surface area contributed by atoms with Crippen molar-refractivity contribution in [2.24, 2.45) is 0 Å². The summed E-state index contributed by atoms with van der Waals surface area (Å²) in [6, 6.07) is 29.6. The highest BCUT2D eigenvalue weighted by Gasteiger charge is 2.32. The van der Waals surface area contributed by atoms with E-state index in [0.717, 1.165) is 16.7 Å². The molecule has 1 N–H and O–H groups in total. The summed E-state index contributed by atoms with van der Waals surface area (Å²) in [6.07, 6.45) is 4.47. The first kappa shape index (κ1) is 23.6. The molecule has 0 spiro atoms. The van der Waals surface area contributed by atoms with Gasteiger partial charge in [0.05, 0.1) is 6.04 Å². The van der Waals surface area contributed by atoms with Gasteiger partial charge in [-0.05, 0) is 47.9 Å². The molecule has 0 radical (unpaired) electrons. The largest absolute Gasteiger partial charge is 0.347 e. The molecule has 0 saturated carbocycles. The molecule has 4 aromatic rings. The van der Waals surface area contributed by atoms with Crippen LogP contribution in [0.1, 0.15) is 30.1 Å². The molecule has 174 valence electrons. The van der Waals surface area contributed by atoms with Gasteiger partial charge >= 0.3 is 0 Å². The van der Waals surface area contributed by atoms with Gasteiger partial charge in [0.2, 0.25) is 5.91 Å². The first-order valence-electron chi connectivity index (χ1n) is 11.4. The Kier molecular flexibility index (Phi) is 7.48. The van der Waals surface area contributed by atoms with Gasteiger partial charge in [0.25, 0.3) is 5.91 Å². The van der Waals surface area contributed by atoms with E-state index in [2.05, 4.69) is 16.9 Å². The highest BCUT2D eigenvalue weighted by Crippen LogP contribution is 2.31. The van der Waals surface area contributed by atoms with Gasteiger partial charge in [-0.25, -0.2) is 0 Å². The van der Waals surface area contributed by atoms with Crippen molar-refractivity contribution in [3.63, 3.8) is 0 Å². The second-order valence-corrected chi connectivity index (χ2v) is 8.16. The standard InChI is InChI=1S/C30H27N3O2/c1-3-28(34)33(27-18-16-25(17-19-27)24-13-8-5-9-14-24)29(26-15-10-20-31-21-26)30(35)32-22(2)23-11-6-4-7-12-23/h3-22,29H,1H2,2H3,(H,32,35). The molecular weight excluding hydrogens is 434 g/mol. The molecule has 0 fully saturated rings. The molecular formula is C30H27N3O2. The Hall–Kier alpha value is -4.51. The van der Waals surface area contributed by atoms with Crippen LogP contribution in [0.15, 0.2) is 122 Å². The third-order valence-corrected chi connectivity index (χ3v) is 5.83. The van der Waals surface area contributed by atoms with Crippen molar-refractivity contribution in [3.8, 4) is 11.1 Å². The van der Waals surface area contributed by atoms with E-state index in [1.807, 2.05) is 91.9 Å². The van der Waals surface area contributed by atoms with Crippen LogP contribution in [0.5, 0.6) is 0 Å². The number of hydrogen-bond acceptors (Lipinski definition) is 3. The Bertz CT molecular complexity index is 1270. The van der Waals surface area contributed by atoms with Gasteiger partial charge in [-0.2, -0.15) is 0 Å². The van der Waals surface area contributed by atoms with Gasteiger partial charge in [0, 0.05) is 23.6 Å². The van der Waals surface area contributed by atoms with E-state index in [1.54, 1.807) is 24.5 Å². The number of anilines is 1. The summed E-state index contributed by atoms with van der Waals surface area (Å²) in [5.41, 5.74) is 4.25. The highest BCUT2D eigenvalue weighted by atomic mass is 16.2. The second-order valence-electron chi connectivity index (χ2n) is 8.16. The van der Waals surface area contributed by atoms with Crippen molar-refractivity contribution in [2.45, 2.75) is 19.0 Å². The van der Waals surface area contributed by atoms with E-state index in [9.17, 15) is 9.59 Å². The number of aromatic nitrogens is 1. The summed E-state index contributed by atoms with van der Waals surface area (Å²) in [5, 5.41) is 3.07. The van der Waals surface area contributed by atoms with Gasteiger partial charge in [0.1, 0.15) is 6.04 Å². The SMILES string of the molecule is C=CC(=O)N(c1ccc(-c2ccccc2)cc1)C(C(=O)NC(C)c1ccccc1)c1cccnc1. The lowest BCUT2D eigenvalue weighted by Gasteiger charge is -2.31. The minimum atomic E-state index is -0.928. The Morgan fingerprint density at radius 2 is 1.43 bits per heavy atom. The quantitative estimate of drug-likeness (QED) is 0.333. The number of pyridine rings is 1. The average Bonchev–Trinajstić information content (AvgIpc) is 2.92. The van der Waals surface area contributed by atoms with Crippen LogP contribution in [0.25, 0.3) is 11.1 Å². The van der Waals surface area contributed by atoms with Crippen LogP contribution in [0.3, 0.4) is 0 Å². The number of amides is 2. The maximum absolute atomic E-state index is 13.7. The molecule has 2 atom stereocenters. The smallest absolute Gasteiger partial charge is 0.251 e. The van der Waals surface area contributed by atoms with Crippen molar-refractivity contribution in [3.05, 3.63) is 133 Å². The van der Waals surface area contributed by atoms with Crippen LogP contribution in [0.4, 0.5) is 5.69 Å². The fourth-order valence-electron chi connectivity index (χ4n) is 4.02. The predicted octanol–water partition coefficient (Wildman–Crippen LogP) is 5.89. The van der Waals surface area contributed by atoms with Crippen LogP contribution in [-0.4, -0.2) is 16.8 Å². The zero-order chi connectivity index (χ0) is 24.6. The fourth-order valence-corrected chi connectivity index (χ4v) is 4.02. The first-order chi connectivity index (χ1) is 17.1. The topological polar surface area (TPSA) is 62.3 Å². The third-order valence-electron chi connectivity index (χ3n) is 5.83. The van der Waals surface area contributed by atoms with Crippen molar-refractivity contribution in [2.75, 3.05) is 4.90 Å². The molecule has 0 aliphatic heterocycles. The molecule has 35 heavy (non-hydrogen) atoms. The fraction of sp³-hybridized carbons (Fsp3) is 0.100. The Balaban J connectivity index is 1.71. The number of hydrogen-bond donors (Lipinski definition) is 1. The summed E-state index contributed by atoms with van der Waals surface area (Å²) in [4.78, 5) is 32.5. The number of carbonyl (C=O) groups is 2. The molecule has 3 aromatic carbocycles. The molecule has 0 saturated heterocycles. The maximum atomic E-state index is 13.7. The molecule has 1 heterocycles. The number of nitrogens with one attached hydrogen (secondary N) is 1. The van der Waals surface area contributed by atoms with Crippen LogP contribution in [-0.2, 0) is 9.59 Å². The molecule has 2 unspecified atom stereocenters. The first-order valence-corrected chi connectivity index (χ1v) is 11.4. The summed E-state index contributed by atoms with van der Waals surface area (Å²) < 4.78 is 0. The van der Waals surface area contributed by atoms with E-state index >= 15 is 0 Å². The minimum absolute atomic E-state index is 0.246. The molecule has 0 aliphatic rings. The number of carbonyl (C=O) groups excluding carboxylic acids is 2. The van der Waals surface area contributed by atoms with Gasteiger partial charge < -0.3 is 5.32 Å². The van der Waals surface area contributed by atoms with Gasteiger partial charge in [-0.15, -0.1) is 0 Å². The molecule has 1 aromatic heterocycles. The second kappa shape index (κ2) is 11.1. The van der Waals surface area contributed by atoms with Gasteiger partial charge in [-0.3, -0.25) is 19.5 Å². The van der Waals surface area contributed by atoms with Gasteiger partial charge in [0.15, 0.2) is 0 Å². The number of benzene rings is 3. The van der Waals surface area contributed by atoms with Crippen molar-refractivity contribution < 1.29 is 9.59 Å². The molecule has 2 amide bonds. The van der Waals surface area contributed by atoms with Crippen LogP contribution < -0.4 is 10.2 Å². The lowest BCUT2D eigenvalue weighted by atomic mass is 10.0.